The van der Waals surface area contributed by atoms with Gasteiger partial charge in [-0.3, -0.25) is 0 Å². The van der Waals surface area contributed by atoms with Crippen LogP contribution in [0, 0.1) is 11.3 Å². The number of para-hydroxylation sites is 1. The third-order valence-corrected chi connectivity index (χ3v) is 2.48. The number of nitrogens with two attached hydrogens (primary N) is 1. The average molecular weight is 233 g/mol. The van der Waals surface area contributed by atoms with Gasteiger partial charge in [0.05, 0.1) is 30.5 Å². The highest BCUT2D eigenvalue weighted by Crippen LogP contribution is 2.31. The van der Waals surface area contributed by atoms with E-state index in [4.69, 9.17) is 15.7 Å². The quantitative estimate of drug-likeness (QED) is 0.766. The molecule has 4 heteroatoms. The minimum Gasteiger partial charge on any atom is -0.491 e. The van der Waals surface area contributed by atoms with Crippen LogP contribution in [0.15, 0.2) is 18.2 Å². The summed E-state index contributed by atoms with van der Waals surface area (Å²) in [5.74, 6) is 0.716. The first-order valence-corrected chi connectivity index (χ1v) is 5.80. The molecule has 2 N–H and O–H groups in total. The zero-order chi connectivity index (χ0) is 12.7. The monoisotopic (exact) mass is 233 g/mol. The van der Waals surface area contributed by atoms with Gasteiger partial charge in [0.2, 0.25) is 0 Å². The minimum absolute atomic E-state index is 0.482. The highest BCUT2D eigenvalue weighted by Gasteiger charge is 2.09. The second-order valence-corrected chi connectivity index (χ2v) is 3.87. The van der Waals surface area contributed by atoms with Gasteiger partial charge < -0.3 is 15.4 Å². The van der Waals surface area contributed by atoms with Gasteiger partial charge in [-0.1, -0.05) is 13.0 Å². The number of nitrogens with zero attached hydrogens (tertiary/aromatic N) is 2. The van der Waals surface area contributed by atoms with Crippen LogP contribution in [0.4, 0.5) is 11.4 Å². The number of ether oxygens (including phenoxy) is 1. The van der Waals surface area contributed by atoms with Crippen LogP contribution < -0.4 is 15.4 Å². The molecule has 1 aromatic carbocycles. The van der Waals surface area contributed by atoms with E-state index in [1.165, 1.54) is 0 Å². The standard InChI is InChI=1S/C13H19N3O/c1-3-10-17-12-7-4-6-11(13(12)15)16(2)9-5-8-14/h4,6-7H,3,5,9-10,15H2,1-2H3. The van der Waals surface area contributed by atoms with Gasteiger partial charge in [0.15, 0.2) is 0 Å². The minimum atomic E-state index is 0.482. The summed E-state index contributed by atoms with van der Waals surface area (Å²) in [5, 5.41) is 8.57. The van der Waals surface area contributed by atoms with E-state index in [0.29, 0.717) is 31.0 Å². The molecule has 1 rings (SSSR count). The summed E-state index contributed by atoms with van der Waals surface area (Å²) in [6.07, 6.45) is 1.43. The summed E-state index contributed by atoms with van der Waals surface area (Å²) in [4.78, 5) is 1.97. The van der Waals surface area contributed by atoms with Crippen LogP contribution in [0.2, 0.25) is 0 Å². The van der Waals surface area contributed by atoms with Crippen LogP contribution in [0.5, 0.6) is 5.75 Å². The van der Waals surface area contributed by atoms with Crippen molar-refractivity contribution in [2.24, 2.45) is 0 Å². The Morgan fingerprint density at radius 2 is 2.24 bits per heavy atom. The van der Waals surface area contributed by atoms with Gasteiger partial charge in [0.25, 0.3) is 0 Å². The van der Waals surface area contributed by atoms with E-state index in [1.807, 2.05) is 30.1 Å². The third-order valence-electron chi connectivity index (χ3n) is 2.48. The van der Waals surface area contributed by atoms with Crippen molar-refractivity contribution in [3.05, 3.63) is 18.2 Å². The van der Waals surface area contributed by atoms with Gasteiger partial charge in [-0.2, -0.15) is 5.26 Å². The first-order valence-electron chi connectivity index (χ1n) is 5.80. The lowest BCUT2D eigenvalue weighted by Crippen LogP contribution is -2.19. The molecular weight excluding hydrogens is 214 g/mol. The van der Waals surface area contributed by atoms with Crippen molar-refractivity contribution in [3.8, 4) is 11.8 Å². The zero-order valence-corrected chi connectivity index (χ0v) is 10.4. The summed E-state index contributed by atoms with van der Waals surface area (Å²) < 4.78 is 5.56. The fourth-order valence-corrected chi connectivity index (χ4v) is 1.54. The van der Waals surface area contributed by atoms with E-state index in [-0.39, 0.29) is 0 Å². The lowest BCUT2D eigenvalue weighted by Gasteiger charge is -2.21. The lowest BCUT2D eigenvalue weighted by atomic mass is 10.2. The van der Waals surface area contributed by atoms with Gasteiger partial charge in [-0.25, -0.2) is 0 Å². The normalized spacial score (nSPS) is 9.71. The topological polar surface area (TPSA) is 62.3 Å². The maximum absolute atomic E-state index is 8.57. The van der Waals surface area contributed by atoms with Crippen molar-refractivity contribution in [1.29, 1.82) is 5.26 Å². The van der Waals surface area contributed by atoms with Gasteiger partial charge in [0.1, 0.15) is 5.75 Å². The molecule has 0 unspecified atom stereocenters. The van der Waals surface area contributed by atoms with Gasteiger partial charge >= 0.3 is 0 Å². The van der Waals surface area contributed by atoms with Crippen molar-refractivity contribution in [3.63, 3.8) is 0 Å². The van der Waals surface area contributed by atoms with E-state index in [9.17, 15) is 0 Å². The lowest BCUT2D eigenvalue weighted by molar-refractivity contribution is 0.319. The highest BCUT2D eigenvalue weighted by atomic mass is 16.5. The molecule has 0 saturated carbocycles. The molecule has 0 aliphatic rings. The second-order valence-electron chi connectivity index (χ2n) is 3.87. The first kappa shape index (κ1) is 13.2. The fourth-order valence-electron chi connectivity index (χ4n) is 1.54. The van der Waals surface area contributed by atoms with Gasteiger partial charge in [-0.15, -0.1) is 0 Å². The zero-order valence-electron chi connectivity index (χ0n) is 10.4. The molecule has 0 fully saturated rings. The Hall–Kier alpha value is -1.89. The number of hydrogen-bond donors (Lipinski definition) is 1. The Morgan fingerprint density at radius 3 is 2.88 bits per heavy atom. The Bertz CT molecular complexity index is 398. The van der Waals surface area contributed by atoms with Crippen LogP contribution in [-0.2, 0) is 0 Å². The van der Waals surface area contributed by atoms with E-state index < -0.39 is 0 Å². The number of benzene rings is 1. The van der Waals surface area contributed by atoms with Crippen LogP contribution in [-0.4, -0.2) is 20.2 Å². The highest BCUT2D eigenvalue weighted by molar-refractivity contribution is 5.73. The molecule has 0 aliphatic heterocycles. The molecule has 0 heterocycles. The molecule has 0 amide bonds. The van der Waals surface area contributed by atoms with Crippen LogP contribution in [0.1, 0.15) is 19.8 Å². The molecule has 0 aromatic heterocycles. The van der Waals surface area contributed by atoms with E-state index in [2.05, 4.69) is 13.0 Å². The van der Waals surface area contributed by atoms with Crippen molar-refractivity contribution in [2.45, 2.75) is 19.8 Å². The number of hydrogen-bond acceptors (Lipinski definition) is 4. The Kier molecular flexibility index (Phi) is 5.15. The Balaban J connectivity index is 2.82. The molecule has 17 heavy (non-hydrogen) atoms. The maximum atomic E-state index is 8.57. The summed E-state index contributed by atoms with van der Waals surface area (Å²) in [7, 11) is 1.92. The predicted molar refractivity (Wildman–Crippen MR) is 70.1 cm³/mol. The maximum Gasteiger partial charge on any atom is 0.144 e. The molecule has 0 aliphatic carbocycles. The fraction of sp³-hybridized carbons (Fsp3) is 0.462. The van der Waals surface area contributed by atoms with E-state index >= 15 is 0 Å². The molecule has 92 valence electrons. The SMILES string of the molecule is CCCOc1cccc(N(C)CCC#N)c1N. The second kappa shape index (κ2) is 6.64. The van der Waals surface area contributed by atoms with Crippen molar-refractivity contribution in [1.82, 2.24) is 0 Å². The number of rotatable bonds is 6. The number of nitrogen functional groups attached to an aromatic ring is 1. The Morgan fingerprint density at radius 1 is 1.47 bits per heavy atom. The van der Waals surface area contributed by atoms with Crippen LogP contribution in [0.3, 0.4) is 0 Å². The molecule has 4 nitrogen and oxygen atoms in total. The van der Waals surface area contributed by atoms with Gasteiger partial charge in [0, 0.05) is 13.6 Å². The van der Waals surface area contributed by atoms with Crippen LogP contribution >= 0.6 is 0 Å². The van der Waals surface area contributed by atoms with Crippen molar-refractivity contribution >= 4 is 11.4 Å². The molecule has 0 saturated heterocycles. The van der Waals surface area contributed by atoms with Gasteiger partial charge in [-0.05, 0) is 18.6 Å². The smallest absolute Gasteiger partial charge is 0.144 e. The van der Waals surface area contributed by atoms with Crippen LogP contribution in [0.25, 0.3) is 0 Å². The molecular formula is C13H19N3O. The number of anilines is 2. The summed E-state index contributed by atoms with van der Waals surface area (Å²) in [6, 6.07) is 7.84. The Labute approximate surface area is 103 Å². The van der Waals surface area contributed by atoms with Crippen molar-refractivity contribution in [2.75, 3.05) is 30.8 Å². The number of nitriles is 1. The average Bonchev–Trinajstić information content (AvgIpc) is 2.34. The third kappa shape index (κ3) is 3.56. The molecule has 0 atom stereocenters. The largest absolute Gasteiger partial charge is 0.491 e. The summed E-state index contributed by atoms with van der Waals surface area (Å²) >= 11 is 0. The van der Waals surface area contributed by atoms with E-state index in [0.717, 1.165) is 12.1 Å². The first-order chi connectivity index (χ1) is 8.20. The van der Waals surface area contributed by atoms with Crippen molar-refractivity contribution < 1.29 is 4.74 Å². The molecule has 0 radical (unpaired) electrons. The van der Waals surface area contributed by atoms with E-state index in [1.54, 1.807) is 0 Å². The molecule has 0 bridgehead atoms. The summed E-state index contributed by atoms with van der Waals surface area (Å²) in [5.41, 5.74) is 7.60. The molecule has 1 aromatic rings. The summed E-state index contributed by atoms with van der Waals surface area (Å²) in [6.45, 7) is 3.38. The molecule has 0 spiro atoms. The predicted octanol–water partition coefficient (Wildman–Crippen LogP) is 2.41.